The molecule has 2 unspecified atom stereocenters. The Labute approximate surface area is 119 Å². The number of hydrogen-bond acceptors (Lipinski definition) is 4. The molecule has 6 nitrogen and oxygen atoms in total. The lowest BCUT2D eigenvalue weighted by Crippen LogP contribution is -2.28. The molecule has 0 bridgehead atoms. The second-order valence-electron chi connectivity index (χ2n) is 4.94. The van der Waals surface area contributed by atoms with Crippen molar-refractivity contribution in [2.24, 2.45) is 16.0 Å². The molecule has 0 radical (unpaired) electrons. The van der Waals surface area contributed by atoms with Crippen LogP contribution in [0.15, 0.2) is 22.6 Å². The lowest BCUT2D eigenvalue weighted by Gasteiger charge is -2.24. The van der Waals surface area contributed by atoms with Gasteiger partial charge in [-0.3, -0.25) is 4.72 Å². The van der Waals surface area contributed by atoms with Crippen molar-refractivity contribution in [1.82, 2.24) is 0 Å². The molecule has 0 fully saturated rings. The van der Waals surface area contributed by atoms with Gasteiger partial charge < -0.3 is 10.5 Å². The van der Waals surface area contributed by atoms with E-state index < -0.39 is 10.2 Å². The first-order valence-corrected chi connectivity index (χ1v) is 7.96. The largest absolute Gasteiger partial charge is 0.490 e. The molecule has 0 saturated heterocycles. The Kier molecular flexibility index (Phi) is 3.89. The SMILES string of the molecule is CCC(C)C(C)Oc1cccc2c1C(N)=NS(=O)(=O)N2. The Morgan fingerprint density at radius 1 is 1.40 bits per heavy atom. The highest BCUT2D eigenvalue weighted by Gasteiger charge is 2.25. The normalized spacial score (nSPS) is 19.2. The van der Waals surface area contributed by atoms with E-state index in [1.54, 1.807) is 18.2 Å². The van der Waals surface area contributed by atoms with Gasteiger partial charge in [-0.05, 0) is 25.0 Å². The van der Waals surface area contributed by atoms with Crippen molar-refractivity contribution < 1.29 is 13.2 Å². The van der Waals surface area contributed by atoms with Gasteiger partial charge in [-0.25, -0.2) is 0 Å². The molecular weight excluding hydrogens is 278 g/mol. The Balaban J connectivity index is 2.39. The summed E-state index contributed by atoms with van der Waals surface area (Å²) in [5.74, 6) is 0.869. The van der Waals surface area contributed by atoms with E-state index in [9.17, 15) is 8.42 Å². The molecule has 1 aromatic rings. The van der Waals surface area contributed by atoms with Crippen LogP contribution >= 0.6 is 0 Å². The zero-order chi connectivity index (χ0) is 14.9. The third kappa shape index (κ3) is 2.87. The summed E-state index contributed by atoms with van der Waals surface area (Å²) in [5.41, 5.74) is 6.65. The fourth-order valence-electron chi connectivity index (χ4n) is 1.96. The Hall–Kier alpha value is -1.76. The average molecular weight is 297 g/mol. The van der Waals surface area contributed by atoms with Gasteiger partial charge in [0.25, 0.3) is 0 Å². The van der Waals surface area contributed by atoms with Crippen molar-refractivity contribution in [3.05, 3.63) is 23.8 Å². The quantitative estimate of drug-likeness (QED) is 0.887. The van der Waals surface area contributed by atoms with E-state index in [0.717, 1.165) is 6.42 Å². The number of nitrogens with two attached hydrogens (primary N) is 1. The molecule has 3 N–H and O–H groups in total. The van der Waals surface area contributed by atoms with Gasteiger partial charge in [-0.15, -0.1) is 4.40 Å². The number of hydrogen-bond donors (Lipinski definition) is 2. The molecule has 1 heterocycles. The van der Waals surface area contributed by atoms with Crippen LogP contribution in [0.4, 0.5) is 5.69 Å². The Morgan fingerprint density at radius 2 is 2.10 bits per heavy atom. The van der Waals surface area contributed by atoms with Crippen LogP contribution in [0.25, 0.3) is 0 Å². The summed E-state index contributed by atoms with van der Waals surface area (Å²) >= 11 is 0. The highest BCUT2D eigenvalue weighted by molar-refractivity contribution is 7.91. The minimum Gasteiger partial charge on any atom is -0.490 e. The topological polar surface area (TPSA) is 93.8 Å². The van der Waals surface area contributed by atoms with E-state index in [0.29, 0.717) is 22.9 Å². The minimum atomic E-state index is -3.75. The van der Waals surface area contributed by atoms with Crippen molar-refractivity contribution in [1.29, 1.82) is 0 Å². The number of amidine groups is 1. The third-order valence-electron chi connectivity index (χ3n) is 3.50. The monoisotopic (exact) mass is 297 g/mol. The van der Waals surface area contributed by atoms with Gasteiger partial charge in [0.15, 0.2) is 5.84 Å². The fourth-order valence-corrected chi connectivity index (χ4v) is 2.81. The van der Waals surface area contributed by atoms with Crippen molar-refractivity contribution in [3.63, 3.8) is 0 Å². The predicted molar refractivity (Wildman–Crippen MR) is 79.3 cm³/mol. The van der Waals surface area contributed by atoms with Crippen LogP contribution in [-0.4, -0.2) is 20.4 Å². The summed E-state index contributed by atoms with van der Waals surface area (Å²) in [4.78, 5) is 0. The molecule has 0 amide bonds. The summed E-state index contributed by atoms with van der Waals surface area (Å²) in [5, 5.41) is 0. The molecule has 0 spiro atoms. The van der Waals surface area contributed by atoms with Crippen molar-refractivity contribution in [3.8, 4) is 5.75 Å². The zero-order valence-corrected chi connectivity index (χ0v) is 12.6. The van der Waals surface area contributed by atoms with E-state index in [4.69, 9.17) is 10.5 Å². The first kappa shape index (κ1) is 14.6. The van der Waals surface area contributed by atoms with Gasteiger partial charge in [-0.1, -0.05) is 26.3 Å². The summed E-state index contributed by atoms with van der Waals surface area (Å²) in [6, 6.07) is 5.12. The first-order valence-electron chi connectivity index (χ1n) is 6.52. The fraction of sp³-hybridized carbons (Fsp3) is 0.462. The number of benzene rings is 1. The average Bonchev–Trinajstić information content (AvgIpc) is 2.35. The second-order valence-corrected chi connectivity index (χ2v) is 6.28. The van der Waals surface area contributed by atoms with Crippen molar-refractivity contribution in [2.45, 2.75) is 33.3 Å². The van der Waals surface area contributed by atoms with Crippen LogP contribution in [0.3, 0.4) is 0 Å². The maximum absolute atomic E-state index is 11.5. The first-order chi connectivity index (χ1) is 9.34. The van der Waals surface area contributed by atoms with E-state index in [2.05, 4.69) is 23.0 Å². The summed E-state index contributed by atoms with van der Waals surface area (Å²) in [6.07, 6.45) is 0.990. The zero-order valence-electron chi connectivity index (χ0n) is 11.8. The number of nitrogens with zero attached hydrogens (tertiary/aromatic N) is 1. The van der Waals surface area contributed by atoms with Crippen LogP contribution in [0, 0.1) is 5.92 Å². The molecule has 1 aliphatic rings. The standard InChI is InChI=1S/C13H19N3O3S/c1-4-8(2)9(3)19-11-7-5-6-10-12(11)13(14)16-20(17,18)15-10/h5-9,15H,4H2,1-3H3,(H2,14,16). The molecule has 20 heavy (non-hydrogen) atoms. The summed E-state index contributed by atoms with van der Waals surface area (Å²) < 4.78 is 34.7. The van der Waals surface area contributed by atoms with Crippen LogP contribution in [0.1, 0.15) is 32.8 Å². The lowest BCUT2D eigenvalue weighted by molar-refractivity contribution is 0.158. The van der Waals surface area contributed by atoms with Crippen LogP contribution in [0.2, 0.25) is 0 Å². The number of fused-ring (bicyclic) bond motifs is 1. The molecule has 0 aromatic heterocycles. The van der Waals surface area contributed by atoms with Gasteiger partial charge in [-0.2, -0.15) is 8.42 Å². The molecule has 0 saturated carbocycles. The van der Waals surface area contributed by atoms with Crippen molar-refractivity contribution in [2.75, 3.05) is 4.72 Å². The minimum absolute atomic E-state index is 0.00201. The van der Waals surface area contributed by atoms with Crippen LogP contribution in [0.5, 0.6) is 5.75 Å². The van der Waals surface area contributed by atoms with Gasteiger partial charge in [0, 0.05) is 0 Å². The number of ether oxygens (including phenoxy) is 1. The molecule has 7 heteroatoms. The van der Waals surface area contributed by atoms with Gasteiger partial charge in [0.05, 0.1) is 17.4 Å². The van der Waals surface area contributed by atoms with Crippen LogP contribution < -0.4 is 15.2 Å². The molecule has 0 aliphatic carbocycles. The number of rotatable bonds is 4. The molecule has 110 valence electrons. The van der Waals surface area contributed by atoms with E-state index in [-0.39, 0.29) is 11.9 Å². The highest BCUT2D eigenvalue weighted by Crippen LogP contribution is 2.31. The number of anilines is 1. The smallest absolute Gasteiger partial charge is 0.344 e. The Bertz CT molecular complexity index is 640. The Morgan fingerprint density at radius 3 is 2.75 bits per heavy atom. The predicted octanol–water partition coefficient (Wildman–Crippen LogP) is 1.88. The van der Waals surface area contributed by atoms with E-state index in [1.807, 2.05) is 6.92 Å². The molecular formula is C13H19N3O3S. The highest BCUT2D eigenvalue weighted by atomic mass is 32.2. The second kappa shape index (κ2) is 5.32. The maximum Gasteiger partial charge on any atom is 0.344 e. The number of nitrogens with one attached hydrogen (secondary N) is 1. The van der Waals surface area contributed by atoms with Gasteiger partial charge in [0.1, 0.15) is 5.75 Å². The van der Waals surface area contributed by atoms with Gasteiger partial charge in [0.2, 0.25) is 0 Å². The summed E-state index contributed by atoms with van der Waals surface area (Å²) in [7, 11) is -3.75. The van der Waals surface area contributed by atoms with E-state index in [1.165, 1.54) is 0 Å². The lowest BCUT2D eigenvalue weighted by atomic mass is 10.0. The van der Waals surface area contributed by atoms with Crippen molar-refractivity contribution >= 4 is 21.7 Å². The van der Waals surface area contributed by atoms with Gasteiger partial charge >= 0.3 is 10.2 Å². The molecule has 1 aromatic carbocycles. The third-order valence-corrected chi connectivity index (χ3v) is 4.41. The van der Waals surface area contributed by atoms with E-state index >= 15 is 0 Å². The van der Waals surface area contributed by atoms with Crippen LogP contribution in [-0.2, 0) is 10.2 Å². The molecule has 2 rings (SSSR count). The molecule has 1 aliphatic heterocycles. The summed E-state index contributed by atoms with van der Waals surface area (Å²) in [6.45, 7) is 6.17. The maximum atomic E-state index is 11.5. The molecule has 2 atom stereocenters.